The zero-order chi connectivity index (χ0) is 13.8. The standard InChI is InChI=1S/C14H14Br2ClNS/c1-2-18-13(8-10-4-6-14(16)19-10)11-7-9(15)3-5-12(11)17/h3-7,13,18H,2,8H2,1H3. The number of nitrogens with one attached hydrogen (secondary N) is 1. The molecule has 0 radical (unpaired) electrons. The highest BCUT2D eigenvalue weighted by atomic mass is 79.9. The highest BCUT2D eigenvalue weighted by Crippen LogP contribution is 2.31. The van der Waals surface area contributed by atoms with Gasteiger partial charge in [0.25, 0.3) is 0 Å². The van der Waals surface area contributed by atoms with Crippen molar-refractivity contribution >= 4 is 54.8 Å². The molecular formula is C14H14Br2ClNS. The molecule has 0 saturated heterocycles. The molecule has 0 bridgehead atoms. The number of rotatable bonds is 5. The van der Waals surface area contributed by atoms with Crippen LogP contribution in [0.3, 0.4) is 0 Å². The van der Waals surface area contributed by atoms with Crippen LogP contribution >= 0.6 is 54.8 Å². The first-order valence-corrected chi connectivity index (χ1v) is 8.80. The van der Waals surface area contributed by atoms with Crippen LogP contribution in [-0.2, 0) is 6.42 Å². The molecule has 1 aromatic carbocycles. The van der Waals surface area contributed by atoms with Gasteiger partial charge in [-0.3, -0.25) is 0 Å². The molecule has 0 fully saturated rings. The Morgan fingerprint density at radius 1 is 1.26 bits per heavy atom. The van der Waals surface area contributed by atoms with E-state index in [1.807, 2.05) is 12.1 Å². The van der Waals surface area contributed by atoms with E-state index in [1.54, 1.807) is 11.3 Å². The third-order valence-corrected chi connectivity index (χ3v) is 5.30. The molecule has 1 atom stereocenters. The molecule has 2 aromatic rings. The summed E-state index contributed by atoms with van der Waals surface area (Å²) in [5.74, 6) is 0. The van der Waals surface area contributed by atoms with E-state index >= 15 is 0 Å². The van der Waals surface area contributed by atoms with Gasteiger partial charge >= 0.3 is 0 Å². The molecule has 0 amide bonds. The Hall–Kier alpha value is 0.130. The van der Waals surface area contributed by atoms with E-state index in [0.717, 1.165) is 31.8 Å². The molecule has 0 spiro atoms. The average molecular weight is 424 g/mol. The van der Waals surface area contributed by atoms with E-state index in [1.165, 1.54) is 4.88 Å². The Labute approximate surface area is 139 Å². The normalized spacial score (nSPS) is 12.6. The summed E-state index contributed by atoms with van der Waals surface area (Å²) < 4.78 is 2.22. The third-order valence-electron chi connectivity index (χ3n) is 2.82. The lowest BCUT2D eigenvalue weighted by molar-refractivity contribution is 0.553. The Morgan fingerprint density at radius 3 is 2.68 bits per heavy atom. The fourth-order valence-corrected chi connectivity index (χ4v) is 4.14. The van der Waals surface area contributed by atoms with Crippen molar-refractivity contribution in [1.29, 1.82) is 0 Å². The van der Waals surface area contributed by atoms with E-state index in [0.29, 0.717) is 0 Å². The van der Waals surface area contributed by atoms with Crippen molar-refractivity contribution in [2.45, 2.75) is 19.4 Å². The minimum atomic E-state index is 0.237. The monoisotopic (exact) mass is 421 g/mol. The van der Waals surface area contributed by atoms with Crippen molar-refractivity contribution in [2.75, 3.05) is 6.54 Å². The SMILES string of the molecule is CCNC(Cc1ccc(Br)s1)c1cc(Br)ccc1Cl. The van der Waals surface area contributed by atoms with Gasteiger partial charge in [0.1, 0.15) is 0 Å². The molecule has 0 saturated carbocycles. The van der Waals surface area contributed by atoms with E-state index in [-0.39, 0.29) is 6.04 Å². The van der Waals surface area contributed by atoms with Gasteiger partial charge in [-0.2, -0.15) is 0 Å². The summed E-state index contributed by atoms with van der Waals surface area (Å²) in [6, 6.07) is 10.5. The molecule has 1 unspecified atom stereocenters. The largest absolute Gasteiger partial charge is 0.310 e. The maximum Gasteiger partial charge on any atom is 0.0701 e. The van der Waals surface area contributed by atoms with E-state index in [2.05, 4.69) is 62.3 Å². The van der Waals surface area contributed by atoms with Gasteiger partial charge in [0, 0.05) is 26.8 Å². The number of thiophene rings is 1. The van der Waals surface area contributed by atoms with Crippen molar-refractivity contribution in [3.8, 4) is 0 Å². The molecule has 19 heavy (non-hydrogen) atoms. The molecule has 1 aromatic heterocycles. The van der Waals surface area contributed by atoms with Crippen molar-refractivity contribution in [2.24, 2.45) is 0 Å². The average Bonchev–Trinajstić information content (AvgIpc) is 2.77. The van der Waals surface area contributed by atoms with Gasteiger partial charge in [0.2, 0.25) is 0 Å². The Balaban J connectivity index is 2.26. The van der Waals surface area contributed by atoms with Crippen LogP contribution in [0.25, 0.3) is 0 Å². The Bertz CT molecular complexity index is 556. The molecular weight excluding hydrogens is 409 g/mol. The molecule has 0 aliphatic rings. The highest BCUT2D eigenvalue weighted by Gasteiger charge is 2.16. The van der Waals surface area contributed by atoms with Crippen LogP contribution < -0.4 is 5.32 Å². The number of likely N-dealkylation sites (N-methyl/N-ethyl adjacent to an activating group) is 1. The number of halogens is 3. The van der Waals surface area contributed by atoms with Crippen LogP contribution in [0.15, 0.2) is 38.6 Å². The number of hydrogen-bond donors (Lipinski definition) is 1. The second-order valence-electron chi connectivity index (χ2n) is 4.19. The lowest BCUT2D eigenvalue weighted by atomic mass is 10.0. The fraction of sp³-hybridized carbons (Fsp3) is 0.286. The van der Waals surface area contributed by atoms with Crippen LogP contribution in [0.1, 0.15) is 23.4 Å². The maximum absolute atomic E-state index is 6.33. The smallest absolute Gasteiger partial charge is 0.0701 e. The predicted molar refractivity (Wildman–Crippen MR) is 91.3 cm³/mol. The van der Waals surface area contributed by atoms with E-state index < -0.39 is 0 Å². The zero-order valence-electron chi connectivity index (χ0n) is 10.4. The first-order chi connectivity index (χ1) is 9.10. The summed E-state index contributed by atoms with van der Waals surface area (Å²) in [4.78, 5) is 1.34. The Morgan fingerprint density at radius 2 is 2.05 bits per heavy atom. The van der Waals surface area contributed by atoms with Crippen LogP contribution in [0, 0.1) is 0 Å². The fourth-order valence-electron chi connectivity index (χ4n) is 1.98. The van der Waals surface area contributed by atoms with Gasteiger partial charge < -0.3 is 5.32 Å². The zero-order valence-corrected chi connectivity index (χ0v) is 15.2. The van der Waals surface area contributed by atoms with Crippen LogP contribution in [0.2, 0.25) is 5.02 Å². The maximum atomic E-state index is 6.33. The molecule has 102 valence electrons. The summed E-state index contributed by atoms with van der Waals surface area (Å²) in [6.07, 6.45) is 0.945. The highest BCUT2D eigenvalue weighted by molar-refractivity contribution is 9.11. The lowest BCUT2D eigenvalue weighted by Crippen LogP contribution is -2.23. The quantitative estimate of drug-likeness (QED) is 0.639. The minimum Gasteiger partial charge on any atom is -0.310 e. The van der Waals surface area contributed by atoms with Gasteiger partial charge in [-0.15, -0.1) is 11.3 Å². The van der Waals surface area contributed by atoms with Gasteiger partial charge in [-0.05, 0) is 58.4 Å². The third kappa shape index (κ3) is 4.30. The first-order valence-electron chi connectivity index (χ1n) is 6.02. The topological polar surface area (TPSA) is 12.0 Å². The van der Waals surface area contributed by atoms with Crippen molar-refractivity contribution in [1.82, 2.24) is 5.32 Å². The molecule has 0 aliphatic carbocycles. The van der Waals surface area contributed by atoms with Crippen LogP contribution in [0.5, 0.6) is 0 Å². The minimum absolute atomic E-state index is 0.237. The van der Waals surface area contributed by atoms with Crippen molar-refractivity contribution in [3.05, 3.63) is 54.1 Å². The molecule has 1 heterocycles. The van der Waals surface area contributed by atoms with Crippen molar-refractivity contribution < 1.29 is 0 Å². The second kappa shape index (κ2) is 7.23. The first kappa shape index (κ1) is 15.5. The molecule has 2 rings (SSSR count). The van der Waals surface area contributed by atoms with Crippen LogP contribution in [-0.4, -0.2) is 6.54 Å². The second-order valence-corrected chi connectivity index (χ2v) is 8.06. The summed E-state index contributed by atoms with van der Waals surface area (Å²) >= 11 is 15.1. The van der Waals surface area contributed by atoms with Gasteiger partial charge in [0.05, 0.1) is 3.79 Å². The molecule has 5 heteroatoms. The number of hydrogen-bond acceptors (Lipinski definition) is 2. The molecule has 1 N–H and O–H groups in total. The number of benzene rings is 1. The molecule has 0 aliphatic heterocycles. The summed E-state index contributed by atoms with van der Waals surface area (Å²) in [7, 11) is 0. The lowest BCUT2D eigenvalue weighted by Gasteiger charge is -2.19. The van der Waals surface area contributed by atoms with E-state index in [4.69, 9.17) is 11.6 Å². The van der Waals surface area contributed by atoms with E-state index in [9.17, 15) is 0 Å². The summed E-state index contributed by atoms with van der Waals surface area (Å²) in [5.41, 5.74) is 1.14. The summed E-state index contributed by atoms with van der Waals surface area (Å²) in [5, 5.41) is 4.32. The molecule has 1 nitrogen and oxygen atoms in total. The van der Waals surface area contributed by atoms with Gasteiger partial charge in [0.15, 0.2) is 0 Å². The van der Waals surface area contributed by atoms with Crippen LogP contribution in [0.4, 0.5) is 0 Å². The summed E-state index contributed by atoms with van der Waals surface area (Å²) in [6.45, 7) is 3.03. The van der Waals surface area contributed by atoms with Crippen molar-refractivity contribution in [3.63, 3.8) is 0 Å². The predicted octanol–water partition coefficient (Wildman–Crippen LogP) is 5.82. The van der Waals surface area contributed by atoms with Gasteiger partial charge in [-0.1, -0.05) is 34.5 Å². The van der Waals surface area contributed by atoms with Gasteiger partial charge in [-0.25, -0.2) is 0 Å². The Kier molecular flexibility index (Phi) is 5.90.